The quantitative estimate of drug-likeness (QED) is 0.777. The largest absolute Gasteiger partial charge is 0.478 e. The van der Waals surface area contributed by atoms with Crippen LogP contribution in [0.2, 0.25) is 0 Å². The summed E-state index contributed by atoms with van der Waals surface area (Å²) >= 11 is 0. The van der Waals surface area contributed by atoms with Crippen LogP contribution in [0.4, 0.5) is 0 Å². The SMILES string of the molecule is O=C(O)c1cccc2ccn(/C=C/c3ccccc3)c12. The molecule has 0 unspecified atom stereocenters. The molecule has 3 aromatic rings. The summed E-state index contributed by atoms with van der Waals surface area (Å²) in [4.78, 5) is 11.3. The number of rotatable bonds is 3. The van der Waals surface area contributed by atoms with Crippen molar-refractivity contribution in [1.29, 1.82) is 0 Å². The van der Waals surface area contributed by atoms with Crippen LogP contribution < -0.4 is 0 Å². The van der Waals surface area contributed by atoms with Gasteiger partial charge < -0.3 is 9.67 Å². The topological polar surface area (TPSA) is 42.2 Å². The number of aromatic carboxylic acids is 1. The molecule has 1 heterocycles. The third-order valence-corrected chi connectivity index (χ3v) is 3.20. The first-order valence-corrected chi connectivity index (χ1v) is 6.32. The molecule has 0 saturated carbocycles. The highest BCUT2D eigenvalue weighted by Gasteiger charge is 2.10. The molecule has 0 fully saturated rings. The van der Waals surface area contributed by atoms with Crippen LogP contribution in [0.5, 0.6) is 0 Å². The second-order valence-electron chi connectivity index (χ2n) is 4.50. The summed E-state index contributed by atoms with van der Waals surface area (Å²) in [6.45, 7) is 0. The first-order chi connectivity index (χ1) is 9.75. The molecule has 3 heteroatoms. The molecule has 1 aromatic heterocycles. The summed E-state index contributed by atoms with van der Waals surface area (Å²) in [5.41, 5.74) is 2.10. The Bertz CT molecular complexity index is 785. The average molecular weight is 263 g/mol. The monoisotopic (exact) mass is 263 g/mol. The number of carboxylic acids is 1. The number of benzene rings is 2. The van der Waals surface area contributed by atoms with Crippen LogP contribution in [0.25, 0.3) is 23.2 Å². The van der Waals surface area contributed by atoms with Crippen molar-refractivity contribution in [2.24, 2.45) is 0 Å². The molecule has 0 amide bonds. The van der Waals surface area contributed by atoms with E-state index in [-0.39, 0.29) is 0 Å². The van der Waals surface area contributed by atoms with E-state index in [1.54, 1.807) is 12.1 Å². The third-order valence-electron chi connectivity index (χ3n) is 3.20. The van der Waals surface area contributed by atoms with Gasteiger partial charge in [0.1, 0.15) is 0 Å². The third kappa shape index (κ3) is 2.21. The van der Waals surface area contributed by atoms with E-state index in [0.717, 1.165) is 10.9 Å². The van der Waals surface area contributed by atoms with Gasteiger partial charge in [0.05, 0.1) is 11.1 Å². The van der Waals surface area contributed by atoms with Crippen LogP contribution in [0.15, 0.2) is 60.8 Å². The molecule has 0 spiro atoms. The van der Waals surface area contributed by atoms with Crippen LogP contribution in [-0.2, 0) is 0 Å². The molecule has 3 nitrogen and oxygen atoms in total. The molecule has 0 saturated heterocycles. The molecule has 0 aliphatic rings. The summed E-state index contributed by atoms with van der Waals surface area (Å²) in [5, 5.41) is 10.2. The van der Waals surface area contributed by atoms with Crippen molar-refractivity contribution in [3.05, 3.63) is 71.9 Å². The van der Waals surface area contributed by atoms with Crippen molar-refractivity contribution in [3.8, 4) is 0 Å². The minimum atomic E-state index is -0.913. The van der Waals surface area contributed by atoms with Gasteiger partial charge in [-0.05, 0) is 23.8 Å². The maximum Gasteiger partial charge on any atom is 0.337 e. The minimum absolute atomic E-state index is 0.310. The number of hydrogen-bond donors (Lipinski definition) is 1. The second kappa shape index (κ2) is 5.05. The molecule has 0 bridgehead atoms. The number of carbonyl (C=O) groups is 1. The minimum Gasteiger partial charge on any atom is -0.478 e. The molecular formula is C17H13NO2. The fraction of sp³-hybridized carbons (Fsp3) is 0. The summed E-state index contributed by atoms with van der Waals surface area (Å²) in [6, 6.07) is 17.1. The van der Waals surface area contributed by atoms with E-state index >= 15 is 0 Å². The standard InChI is InChI=1S/C17H13NO2/c19-17(20)15-8-4-7-14-10-12-18(16(14)15)11-9-13-5-2-1-3-6-13/h1-12H,(H,19,20)/b11-9+. The van der Waals surface area contributed by atoms with E-state index < -0.39 is 5.97 Å². The highest BCUT2D eigenvalue weighted by Crippen LogP contribution is 2.21. The van der Waals surface area contributed by atoms with E-state index in [9.17, 15) is 9.90 Å². The van der Waals surface area contributed by atoms with E-state index in [0.29, 0.717) is 11.1 Å². The van der Waals surface area contributed by atoms with Crippen molar-refractivity contribution >= 4 is 29.1 Å². The maximum absolute atomic E-state index is 11.3. The van der Waals surface area contributed by atoms with Gasteiger partial charge in [-0.15, -0.1) is 0 Å². The average Bonchev–Trinajstić information content (AvgIpc) is 2.89. The van der Waals surface area contributed by atoms with Crippen LogP contribution >= 0.6 is 0 Å². The Morgan fingerprint density at radius 3 is 2.55 bits per heavy atom. The zero-order valence-corrected chi connectivity index (χ0v) is 10.7. The van der Waals surface area contributed by atoms with Crippen molar-refractivity contribution in [2.75, 3.05) is 0 Å². The van der Waals surface area contributed by atoms with Gasteiger partial charge >= 0.3 is 5.97 Å². The molecule has 0 aliphatic heterocycles. The summed E-state index contributed by atoms with van der Waals surface area (Å²) in [6.07, 6.45) is 5.71. The van der Waals surface area contributed by atoms with Gasteiger partial charge in [0.25, 0.3) is 0 Å². The predicted octanol–water partition coefficient (Wildman–Crippen LogP) is 3.97. The molecule has 98 valence electrons. The first-order valence-electron chi connectivity index (χ1n) is 6.32. The zero-order chi connectivity index (χ0) is 13.9. The summed E-state index contributed by atoms with van der Waals surface area (Å²) < 4.78 is 1.84. The van der Waals surface area contributed by atoms with Gasteiger partial charge in [-0.2, -0.15) is 0 Å². The van der Waals surface area contributed by atoms with Gasteiger partial charge in [-0.3, -0.25) is 0 Å². The van der Waals surface area contributed by atoms with Crippen LogP contribution in [-0.4, -0.2) is 15.6 Å². The zero-order valence-electron chi connectivity index (χ0n) is 10.7. The smallest absolute Gasteiger partial charge is 0.337 e. The van der Waals surface area contributed by atoms with Gasteiger partial charge in [-0.1, -0.05) is 42.5 Å². The van der Waals surface area contributed by atoms with Crippen LogP contribution in [0, 0.1) is 0 Å². The van der Waals surface area contributed by atoms with Crippen molar-refractivity contribution in [1.82, 2.24) is 4.57 Å². The Balaban J connectivity index is 2.09. The number of carboxylic acid groups (broad SMARTS) is 1. The maximum atomic E-state index is 11.3. The normalized spacial score (nSPS) is 11.2. The Hall–Kier alpha value is -2.81. The number of hydrogen-bond acceptors (Lipinski definition) is 1. The highest BCUT2D eigenvalue weighted by molar-refractivity contribution is 6.03. The molecule has 1 N–H and O–H groups in total. The summed E-state index contributed by atoms with van der Waals surface area (Å²) in [7, 11) is 0. The van der Waals surface area contributed by atoms with Gasteiger partial charge in [-0.25, -0.2) is 4.79 Å². The lowest BCUT2D eigenvalue weighted by Crippen LogP contribution is -1.99. The van der Waals surface area contributed by atoms with Gasteiger partial charge in [0.15, 0.2) is 0 Å². The molecular weight excluding hydrogens is 250 g/mol. The lowest BCUT2D eigenvalue weighted by atomic mass is 10.1. The van der Waals surface area contributed by atoms with Gasteiger partial charge in [0, 0.05) is 17.8 Å². The number of para-hydroxylation sites is 1. The molecule has 0 aliphatic carbocycles. The van der Waals surface area contributed by atoms with E-state index in [4.69, 9.17) is 0 Å². The second-order valence-corrected chi connectivity index (χ2v) is 4.50. The highest BCUT2D eigenvalue weighted by atomic mass is 16.4. The molecule has 0 radical (unpaired) electrons. The van der Waals surface area contributed by atoms with Crippen molar-refractivity contribution < 1.29 is 9.90 Å². The lowest BCUT2D eigenvalue weighted by Gasteiger charge is -2.02. The number of nitrogens with zero attached hydrogens (tertiary/aromatic N) is 1. The molecule has 2 aromatic carbocycles. The number of fused-ring (bicyclic) bond motifs is 1. The van der Waals surface area contributed by atoms with Crippen molar-refractivity contribution in [3.63, 3.8) is 0 Å². The first kappa shape index (κ1) is 12.2. The summed E-state index contributed by atoms with van der Waals surface area (Å²) in [5.74, 6) is -0.913. The van der Waals surface area contributed by atoms with Crippen molar-refractivity contribution in [2.45, 2.75) is 0 Å². The Morgan fingerprint density at radius 1 is 1.00 bits per heavy atom. The van der Waals surface area contributed by atoms with E-state index in [2.05, 4.69) is 0 Å². The molecule has 0 atom stereocenters. The Labute approximate surface area is 116 Å². The number of aromatic nitrogens is 1. The van der Waals surface area contributed by atoms with E-state index in [1.807, 2.05) is 65.5 Å². The molecule has 3 rings (SSSR count). The Kier molecular flexibility index (Phi) is 3.09. The predicted molar refractivity (Wildman–Crippen MR) is 80.6 cm³/mol. The lowest BCUT2D eigenvalue weighted by molar-refractivity contribution is 0.0698. The fourth-order valence-electron chi connectivity index (χ4n) is 2.25. The van der Waals surface area contributed by atoms with E-state index in [1.165, 1.54) is 0 Å². The molecule has 20 heavy (non-hydrogen) atoms. The van der Waals surface area contributed by atoms with Gasteiger partial charge in [0.2, 0.25) is 0 Å². The van der Waals surface area contributed by atoms with Crippen LogP contribution in [0.3, 0.4) is 0 Å². The van der Waals surface area contributed by atoms with Crippen LogP contribution in [0.1, 0.15) is 15.9 Å². The fourth-order valence-corrected chi connectivity index (χ4v) is 2.25. The Morgan fingerprint density at radius 2 is 1.80 bits per heavy atom.